The van der Waals surface area contributed by atoms with E-state index >= 15 is 0 Å². The molecule has 2 aliphatic rings. The molecule has 3 rings (SSSR count). The Morgan fingerprint density at radius 1 is 1.31 bits per heavy atom. The van der Waals surface area contributed by atoms with Gasteiger partial charge < -0.3 is 21.4 Å². The number of hydrogen-bond donors (Lipinski definition) is 4. The summed E-state index contributed by atoms with van der Waals surface area (Å²) in [4.78, 5) is 70.8. The van der Waals surface area contributed by atoms with Gasteiger partial charge in [0.25, 0.3) is 17.7 Å². The molecule has 2 saturated heterocycles. The smallest absolute Gasteiger partial charge is 0.324 e. The highest BCUT2D eigenvalue weighted by Crippen LogP contribution is 2.15. The Balaban J connectivity index is 1.82. The summed E-state index contributed by atoms with van der Waals surface area (Å²) in [7, 11) is 1.27. The fourth-order valence-electron chi connectivity index (χ4n) is 3.29. The quantitative estimate of drug-likeness (QED) is 0.402. The molecule has 29 heavy (non-hydrogen) atoms. The highest BCUT2D eigenvalue weighted by atomic mass is 16.2. The monoisotopic (exact) mass is 405 g/mol. The van der Waals surface area contributed by atoms with Crippen molar-refractivity contribution in [3.05, 3.63) is 18.2 Å². The summed E-state index contributed by atoms with van der Waals surface area (Å²) in [6.07, 6.45) is 3.76. The molecule has 0 aromatic carbocycles. The number of urea groups is 1. The topological polar surface area (TPSA) is 171 Å². The van der Waals surface area contributed by atoms with Gasteiger partial charge in [-0.05, 0) is 19.4 Å². The first-order valence-electron chi connectivity index (χ1n) is 9.24. The molecule has 2 aliphatic heterocycles. The van der Waals surface area contributed by atoms with Crippen LogP contribution < -0.4 is 16.4 Å². The van der Waals surface area contributed by atoms with Crippen molar-refractivity contribution >= 4 is 29.7 Å². The molecule has 0 spiro atoms. The Hall–Kier alpha value is -3.12. The molecule has 156 valence electrons. The van der Waals surface area contributed by atoms with Gasteiger partial charge in [-0.3, -0.25) is 24.1 Å². The fraction of sp³-hybridized carbons (Fsp3) is 0.529. The van der Waals surface area contributed by atoms with Crippen molar-refractivity contribution < 1.29 is 24.0 Å². The summed E-state index contributed by atoms with van der Waals surface area (Å²) in [6.45, 7) is 0.580. The van der Waals surface area contributed by atoms with Crippen LogP contribution in [0.2, 0.25) is 0 Å². The summed E-state index contributed by atoms with van der Waals surface area (Å²) in [5.41, 5.74) is 6.53. The van der Waals surface area contributed by atoms with Crippen molar-refractivity contribution in [3.63, 3.8) is 0 Å². The number of aromatic amines is 1. The molecule has 0 bridgehead atoms. The van der Waals surface area contributed by atoms with E-state index in [1.54, 1.807) is 0 Å². The number of imide groups is 4. The number of amides is 6. The van der Waals surface area contributed by atoms with Crippen LogP contribution in [0, 0.1) is 0 Å². The lowest BCUT2D eigenvalue weighted by Gasteiger charge is -2.32. The van der Waals surface area contributed by atoms with E-state index in [0.29, 0.717) is 23.6 Å². The molecule has 6 amide bonds. The Labute approximate surface area is 166 Å². The average molecular weight is 405 g/mol. The fourth-order valence-corrected chi connectivity index (χ4v) is 3.29. The Kier molecular flexibility index (Phi) is 6.03. The van der Waals surface area contributed by atoms with E-state index in [9.17, 15) is 24.0 Å². The van der Waals surface area contributed by atoms with E-state index < -0.39 is 47.8 Å². The standard InChI is InChI=1S/C17H23N7O5/c1-23-13(25)6-12(22-17(23)29)16(28)24(15(27)11-3-2-4-20-11)14(26)10(18)5-9-7-19-8-21-9/h7-8,10-12,20H,2-6,18H2,1H3,(H,19,21)(H,22,29)/t10-,11-,12-/m0/s1. The minimum Gasteiger partial charge on any atom is -0.348 e. The number of rotatable bonds is 5. The second kappa shape index (κ2) is 8.49. The van der Waals surface area contributed by atoms with Gasteiger partial charge in [-0.15, -0.1) is 0 Å². The van der Waals surface area contributed by atoms with Gasteiger partial charge in [-0.25, -0.2) is 14.7 Å². The largest absolute Gasteiger partial charge is 0.348 e. The second-order valence-corrected chi connectivity index (χ2v) is 7.05. The first kappa shape index (κ1) is 20.6. The van der Waals surface area contributed by atoms with Crippen LogP contribution in [0.15, 0.2) is 12.5 Å². The van der Waals surface area contributed by atoms with Gasteiger partial charge in [-0.2, -0.15) is 0 Å². The van der Waals surface area contributed by atoms with Gasteiger partial charge in [-0.1, -0.05) is 0 Å². The maximum atomic E-state index is 13.0. The zero-order valence-corrected chi connectivity index (χ0v) is 15.9. The minimum atomic E-state index is -1.32. The van der Waals surface area contributed by atoms with Crippen molar-refractivity contribution in [1.82, 2.24) is 30.4 Å². The molecule has 0 saturated carbocycles. The van der Waals surface area contributed by atoms with Crippen molar-refractivity contribution in [1.29, 1.82) is 0 Å². The number of nitrogens with one attached hydrogen (secondary N) is 3. The molecule has 12 nitrogen and oxygen atoms in total. The molecule has 5 N–H and O–H groups in total. The first-order chi connectivity index (χ1) is 13.8. The first-order valence-corrected chi connectivity index (χ1v) is 9.24. The van der Waals surface area contributed by atoms with Crippen LogP contribution >= 0.6 is 0 Å². The highest BCUT2D eigenvalue weighted by Gasteiger charge is 2.43. The average Bonchev–Trinajstić information content (AvgIpc) is 3.39. The van der Waals surface area contributed by atoms with Crippen LogP contribution in [-0.4, -0.2) is 81.1 Å². The van der Waals surface area contributed by atoms with Crippen molar-refractivity contribution in [2.45, 2.75) is 43.8 Å². The van der Waals surface area contributed by atoms with E-state index in [1.165, 1.54) is 19.6 Å². The number of hydrogen-bond acceptors (Lipinski definition) is 8. The van der Waals surface area contributed by atoms with Gasteiger partial charge in [0.05, 0.1) is 24.8 Å². The van der Waals surface area contributed by atoms with E-state index in [0.717, 1.165) is 11.3 Å². The van der Waals surface area contributed by atoms with Gasteiger partial charge >= 0.3 is 6.03 Å². The third-order valence-corrected chi connectivity index (χ3v) is 4.98. The van der Waals surface area contributed by atoms with Crippen molar-refractivity contribution in [2.75, 3.05) is 13.6 Å². The lowest BCUT2D eigenvalue weighted by molar-refractivity contribution is -0.158. The van der Waals surface area contributed by atoms with E-state index in [-0.39, 0.29) is 12.8 Å². The molecule has 3 heterocycles. The van der Waals surface area contributed by atoms with Crippen LogP contribution in [0.3, 0.4) is 0 Å². The molecular formula is C17H23N7O5. The molecule has 1 aromatic rings. The Morgan fingerprint density at radius 3 is 2.62 bits per heavy atom. The number of aromatic nitrogens is 2. The molecule has 0 aliphatic carbocycles. The van der Waals surface area contributed by atoms with Crippen molar-refractivity contribution in [3.8, 4) is 0 Å². The number of carbonyl (C=O) groups excluding carboxylic acids is 5. The maximum absolute atomic E-state index is 13.0. The third-order valence-electron chi connectivity index (χ3n) is 4.98. The van der Waals surface area contributed by atoms with Crippen LogP contribution in [0.25, 0.3) is 0 Å². The predicted molar refractivity (Wildman–Crippen MR) is 97.9 cm³/mol. The predicted octanol–water partition coefficient (Wildman–Crippen LogP) is -2.15. The zero-order valence-electron chi connectivity index (χ0n) is 15.9. The molecular weight excluding hydrogens is 382 g/mol. The van der Waals surface area contributed by atoms with Crippen LogP contribution in [0.5, 0.6) is 0 Å². The SMILES string of the molecule is CN1C(=O)C[C@@H](C(=O)N(C(=O)[C@@H]2CCCN2)C(=O)[C@@H](N)Cc2cnc[nH]2)NC1=O. The zero-order chi connectivity index (χ0) is 21.1. The number of nitrogens with two attached hydrogens (primary N) is 1. The van der Waals surface area contributed by atoms with Crippen LogP contribution in [0.1, 0.15) is 25.0 Å². The third kappa shape index (κ3) is 4.32. The number of carbonyl (C=O) groups is 5. The summed E-state index contributed by atoms with van der Waals surface area (Å²) in [5.74, 6) is -3.20. The van der Waals surface area contributed by atoms with E-state index in [2.05, 4.69) is 20.6 Å². The molecule has 12 heteroatoms. The van der Waals surface area contributed by atoms with Crippen LogP contribution in [-0.2, 0) is 25.6 Å². The Morgan fingerprint density at radius 2 is 2.03 bits per heavy atom. The normalized spacial score (nSPS) is 22.9. The minimum absolute atomic E-state index is 0.0344. The number of imidazole rings is 1. The highest BCUT2D eigenvalue weighted by molar-refractivity contribution is 6.16. The van der Waals surface area contributed by atoms with Crippen LogP contribution in [0.4, 0.5) is 4.79 Å². The summed E-state index contributed by atoms with van der Waals surface area (Å²) < 4.78 is 0. The molecule has 0 radical (unpaired) electrons. The lowest BCUT2D eigenvalue weighted by Crippen LogP contribution is -2.63. The molecule has 2 fully saturated rings. The molecule has 0 unspecified atom stereocenters. The number of H-pyrrole nitrogens is 1. The van der Waals surface area contributed by atoms with Gasteiger partial charge in [0, 0.05) is 25.4 Å². The van der Waals surface area contributed by atoms with Crippen molar-refractivity contribution in [2.24, 2.45) is 5.73 Å². The lowest BCUT2D eigenvalue weighted by atomic mass is 10.1. The number of nitrogens with zero attached hydrogens (tertiary/aromatic N) is 3. The summed E-state index contributed by atoms with van der Waals surface area (Å²) in [5, 5.41) is 5.30. The Bertz CT molecular complexity index is 800. The summed E-state index contributed by atoms with van der Waals surface area (Å²) >= 11 is 0. The second-order valence-electron chi connectivity index (χ2n) is 7.05. The van der Waals surface area contributed by atoms with E-state index in [4.69, 9.17) is 5.73 Å². The van der Waals surface area contributed by atoms with Gasteiger partial charge in [0.15, 0.2) is 0 Å². The summed E-state index contributed by atoms with van der Waals surface area (Å²) in [6, 6.07) is -4.00. The molecule has 3 atom stereocenters. The maximum Gasteiger partial charge on any atom is 0.324 e. The van der Waals surface area contributed by atoms with E-state index in [1.807, 2.05) is 0 Å². The molecule has 1 aromatic heterocycles. The van der Waals surface area contributed by atoms with Gasteiger partial charge in [0.2, 0.25) is 5.91 Å². The van der Waals surface area contributed by atoms with Gasteiger partial charge in [0.1, 0.15) is 6.04 Å².